The highest BCUT2D eigenvalue weighted by Crippen LogP contribution is 2.16. The molecule has 0 atom stereocenters. The minimum Gasteiger partial charge on any atom is -0.492 e. The number of halogens is 1. The number of rotatable bonds is 7. The van der Waals surface area contributed by atoms with Crippen LogP contribution in [0.25, 0.3) is 0 Å². The van der Waals surface area contributed by atoms with Gasteiger partial charge in [0.1, 0.15) is 11.8 Å². The van der Waals surface area contributed by atoms with Crippen molar-refractivity contribution in [3.05, 3.63) is 29.8 Å². The molecule has 0 bridgehead atoms. The fourth-order valence-corrected chi connectivity index (χ4v) is 1.61. The van der Waals surface area contributed by atoms with Gasteiger partial charge < -0.3 is 4.74 Å². The van der Waals surface area contributed by atoms with Gasteiger partial charge >= 0.3 is 0 Å². The number of nitriles is 1. The Morgan fingerprint density at radius 3 is 2.62 bits per heavy atom. The van der Waals surface area contributed by atoms with Crippen molar-refractivity contribution >= 4 is 11.6 Å². The topological polar surface area (TPSA) is 33.0 Å². The number of hydrogen-bond acceptors (Lipinski definition) is 2. The zero-order chi connectivity index (χ0) is 11.6. The number of benzene rings is 1. The Bertz CT molecular complexity index is 346. The molecule has 0 aliphatic heterocycles. The Morgan fingerprint density at radius 1 is 1.12 bits per heavy atom. The molecule has 0 radical (unpaired) electrons. The van der Waals surface area contributed by atoms with Crippen LogP contribution in [0.15, 0.2) is 24.3 Å². The van der Waals surface area contributed by atoms with Crippen molar-refractivity contribution in [3.8, 4) is 11.8 Å². The van der Waals surface area contributed by atoms with Gasteiger partial charge in [-0.2, -0.15) is 5.26 Å². The molecule has 1 rings (SSSR count). The predicted octanol–water partition coefficient (Wildman–Crippen LogP) is 3.74. The minimum atomic E-state index is 0.600. The maximum absolute atomic E-state index is 8.85. The molecule has 0 aromatic heterocycles. The Morgan fingerprint density at radius 2 is 1.88 bits per heavy atom. The van der Waals surface area contributed by atoms with Gasteiger partial charge in [-0.15, -0.1) is 11.6 Å². The third kappa shape index (κ3) is 4.55. The van der Waals surface area contributed by atoms with Gasteiger partial charge in [0.25, 0.3) is 0 Å². The Hall–Kier alpha value is -1.20. The van der Waals surface area contributed by atoms with Crippen LogP contribution in [-0.4, -0.2) is 12.5 Å². The highest BCUT2D eigenvalue weighted by molar-refractivity contribution is 6.17. The number of alkyl halides is 1. The van der Waals surface area contributed by atoms with Crippen LogP contribution in [0.3, 0.4) is 0 Å². The van der Waals surface area contributed by atoms with Crippen molar-refractivity contribution in [1.29, 1.82) is 5.26 Å². The Labute approximate surface area is 102 Å². The number of para-hydroxylation sites is 1. The number of nitrogens with zero attached hydrogens (tertiary/aromatic N) is 1. The molecule has 1 aromatic rings. The molecule has 16 heavy (non-hydrogen) atoms. The number of ether oxygens (including phenoxy) is 1. The average molecular weight is 238 g/mol. The van der Waals surface area contributed by atoms with Crippen molar-refractivity contribution in [2.24, 2.45) is 0 Å². The molecule has 0 aliphatic rings. The first-order chi connectivity index (χ1) is 7.88. The fourth-order valence-electron chi connectivity index (χ4n) is 1.42. The van der Waals surface area contributed by atoms with Crippen LogP contribution in [0.5, 0.6) is 5.75 Å². The minimum absolute atomic E-state index is 0.600. The zero-order valence-electron chi connectivity index (χ0n) is 9.29. The summed E-state index contributed by atoms with van der Waals surface area (Å²) in [6.07, 6.45) is 4.35. The Kier molecular flexibility index (Phi) is 6.44. The molecule has 0 amide bonds. The molecule has 0 aliphatic carbocycles. The van der Waals surface area contributed by atoms with Gasteiger partial charge in [-0.1, -0.05) is 25.0 Å². The van der Waals surface area contributed by atoms with E-state index in [0.717, 1.165) is 31.6 Å². The van der Waals surface area contributed by atoms with E-state index < -0.39 is 0 Å². The van der Waals surface area contributed by atoms with Crippen molar-refractivity contribution in [1.82, 2.24) is 0 Å². The second kappa shape index (κ2) is 8.01. The molecule has 0 N–H and O–H groups in total. The standard InChI is InChI=1S/C13H16ClNO/c14-9-5-1-2-6-10-16-13-8-4-3-7-12(13)11-15/h3-4,7-8H,1-2,5-6,9-10H2. The van der Waals surface area contributed by atoms with Gasteiger partial charge in [0, 0.05) is 5.88 Å². The summed E-state index contributed by atoms with van der Waals surface area (Å²) in [5, 5.41) is 8.85. The average Bonchev–Trinajstić information content (AvgIpc) is 2.34. The van der Waals surface area contributed by atoms with E-state index in [4.69, 9.17) is 21.6 Å². The van der Waals surface area contributed by atoms with Crippen molar-refractivity contribution in [3.63, 3.8) is 0 Å². The summed E-state index contributed by atoms with van der Waals surface area (Å²) in [6, 6.07) is 9.43. The van der Waals surface area contributed by atoms with Crippen LogP contribution in [0.2, 0.25) is 0 Å². The lowest BCUT2D eigenvalue weighted by Gasteiger charge is -2.06. The van der Waals surface area contributed by atoms with Crippen molar-refractivity contribution in [2.45, 2.75) is 25.7 Å². The lowest BCUT2D eigenvalue weighted by Crippen LogP contribution is -1.98. The van der Waals surface area contributed by atoms with Crippen LogP contribution in [0, 0.1) is 11.3 Å². The quantitative estimate of drug-likeness (QED) is 0.535. The summed E-state index contributed by atoms with van der Waals surface area (Å²) >= 11 is 5.58. The first-order valence-corrected chi connectivity index (χ1v) is 6.10. The highest BCUT2D eigenvalue weighted by atomic mass is 35.5. The second-order valence-electron chi connectivity index (χ2n) is 3.56. The Balaban J connectivity index is 2.24. The van der Waals surface area contributed by atoms with E-state index in [0.29, 0.717) is 17.9 Å². The van der Waals surface area contributed by atoms with E-state index in [1.54, 1.807) is 6.07 Å². The van der Waals surface area contributed by atoms with Crippen LogP contribution >= 0.6 is 11.6 Å². The first-order valence-electron chi connectivity index (χ1n) is 5.56. The smallest absolute Gasteiger partial charge is 0.137 e. The lowest BCUT2D eigenvalue weighted by molar-refractivity contribution is 0.304. The molecule has 86 valence electrons. The first kappa shape index (κ1) is 12.9. The van der Waals surface area contributed by atoms with Gasteiger partial charge in [0.15, 0.2) is 0 Å². The van der Waals surface area contributed by atoms with E-state index in [2.05, 4.69) is 6.07 Å². The summed E-state index contributed by atoms with van der Waals surface area (Å²) in [4.78, 5) is 0. The molecule has 0 fully saturated rings. The predicted molar refractivity (Wildman–Crippen MR) is 65.8 cm³/mol. The molecule has 2 nitrogen and oxygen atoms in total. The largest absolute Gasteiger partial charge is 0.492 e. The summed E-state index contributed by atoms with van der Waals surface area (Å²) in [5.41, 5.74) is 0.600. The maximum atomic E-state index is 8.85. The van der Waals surface area contributed by atoms with Crippen LogP contribution in [-0.2, 0) is 0 Å². The summed E-state index contributed by atoms with van der Waals surface area (Å²) in [5.74, 6) is 1.42. The van der Waals surface area contributed by atoms with E-state index >= 15 is 0 Å². The second-order valence-corrected chi connectivity index (χ2v) is 3.94. The molecule has 1 aromatic carbocycles. The van der Waals surface area contributed by atoms with Gasteiger partial charge in [0.2, 0.25) is 0 Å². The summed E-state index contributed by atoms with van der Waals surface area (Å²) < 4.78 is 5.55. The lowest BCUT2D eigenvalue weighted by atomic mass is 10.2. The van der Waals surface area contributed by atoms with Crippen molar-refractivity contribution < 1.29 is 4.74 Å². The third-order valence-electron chi connectivity index (χ3n) is 2.29. The van der Waals surface area contributed by atoms with Crippen LogP contribution in [0.1, 0.15) is 31.2 Å². The highest BCUT2D eigenvalue weighted by Gasteiger charge is 2.00. The molecule has 0 unspecified atom stereocenters. The monoisotopic (exact) mass is 237 g/mol. The molecular weight excluding hydrogens is 222 g/mol. The van der Waals surface area contributed by atoms with Gasteiger partial charge in [-0.3, -0.25) is 0 Å². The molecule has 0 spiro atoms. The molecule has 0 saturated carbocycles. The van der Waals surface area contributed by atoms with Gasteiger partial charge in [-0.25, -0.2) is 0 Å². The van der Waals surface area contributed by atoms with E-state index in [9.17, 15) is 0 Å². The van der Waals surface area contributed by atoms with E-state index in [-0.39, 0.29) is 0 Å². The van der Waals surface area contributed by atoms with E-state index in [1.165, 1.54) is 0 Å². The van der Waals surface area contributed by atoms with Crippen LogP contribution in [0.4, 0.5) is 0 Å². The third-order valence-corrected chi connectivity index (χ3v) is 2.56. The zero-order valence-corrected chi connectivity index (χ0v) is 10.0. The SMILES string of the molecule is N#Cc1ccccc1OCCCCCCCl. The summed E-state index contributed by atoms with van der Waals surface area (Å²) in [6.45, 7) is 0.668. The molecule has 3 heteroatoms. The summed E-state index contributed by atoms with van der Waals surface area (Å²) in [7, 11) is 0. The van der Waals surface area contributed by atoms with Crippen LogP contribution < -0.4 is 4.74 Å². The van der Waals surface area contributed by atoms with Gasteiger partial charge in [-0.05, 0) is 25.0 Å². The van der Waals surface area contributed by atoms with Crippen molar-refractivity contribution in [2.75, 3.05) is 12.5 Å². The molecule has 0 saturated heterocycles. The van der Waals surface area contributed by atoms with E-state index in [1.807, 2.05) is 18.2 Å². The van der Waals surface area contributed by atoms with Gasteiger partial charge in [0.05, 0.1) is 12.2 Å². The number of hydrogen-bond donors (Lipinski definition) is 0. The molecule has 0 heterocycles. The molecular formula is C13H16ClNO. The fraction of sp³-hybridized carbons (Fsp3) is 0.462. The maximum Gasteiger partial charge on any atom is 0.137 e. The number of unbranched alkanes of at least 4 members (excludes halogenated alkanes) is 3. The normalized spacial score (nSPS) is 9.75.